The summed E-state index contributed by atoms with van der Waals surface area (Å²) >= 11 is 9.32. The van der Waals surface area contributed by atoms with Gasteiger partial charge in [0.2, 0.25) is 5.91 Å². The monoisotopic (exact) mass is 316 g/mol. The molecule has 1 aromatic rings. The fraction of sp³-hybridized carbons (Fsp3) is 0.273. The average Bonchev–Trinajstić information content (AvgIpc) is 2.32. The first-order valence-corrected chi connectivity index (χ1v) is 6.26. The number of benzene rings is 1. The van der Waals surface area contributed by atoms with E-state index in [0.29, 0.717) is 28.1 Å². The molecule has 6 heteroatoms. The van der Waals surface area contributed by atoms with Gasteiger partial charge in [0.15, 0.2) is 0 Å². The van der Waals surface area contributed by atoms with Crippen molar-refractivity contribution in [3.8, 4) is 0 Å². The molecule has 1 aliphatic heterocycles. The van der Waals surface area contributed by atoms with Crippen LogP contribution in [0.3, 0.4) is 0 Å². The summed E-state index contributed by atoms with van der Waals surface area (Å²) in [4.78, 5) is 24.9. The standard InChI is InChI=1S/C11H10BrClN2O2/c12-8-3-1-2-7(10(8)13)11(17)15-5-4-14-9(16)6-15/h1-3H,4-6H2,(H,14,16). The van der Waals surface area contributed by atoms with Crippen molar-refractivity contribution >= 4 is 39.3 Å². The Morgan fingerprint density at radius 2 is 2.24 bits per heavy atom. The molecule has 0 saturated carbocycles. The lowest BCUT2D eigenvalue weighted by Crippen LogP contribution is -2.50. The van der Waals surface area contributed by atoms with Crippen LogP contribution in [0.2, 0.25) is 5.02 Å². The zero-order valence-corrected chi connectivity index (χ0v) is 11.2. The van der Waals surface area contributed by atoms with Crippen LogP contribution in [0.5, 0.6) is 0 Å². The fourth-order valence-corrected chi connectivity index (χ4v) is 2.22. The van der Waals surface area contributed by atoms with Crippen LogP contribution in [-0.4, -0.2) is 36.3 Å². The largest absolute Gasteiger partial charge is 0.353 e. The van der Waals surface area contributed by atoms with Gasteiger partial charge in [0.1, 0.15) is 0 Å². The molecule has 0 spiro atoms. The third-order valence-electron chi connectivity index (χ3n) is 2.51. The quantitative estimate of drug-likeness (QED) is 0.856. The lowest BCUT2D eigenvalue weighted by molar-refractivity contribution is -0.123. The number of carbonyl (C=O) groups excluding carboxylic acids is 2. The molecule has 2 amide bonds. The molecule has 0 aromatic heterocycles. The van der Waals surface area contributed by atoms with E-state index >= 15 is 0 Å². The number of piperazine rings is 1. The highest BCUT2D eigenvalue weighted by Crippen LogP contribution is 2.27. The number of rotatable bonds is 1. The van der Waals surface area contributed by atoms with Crippen molar-refractivity contribution in [2.45, 2.75) is 0 Å². The van der Waals surface area contributed by atoms with Crippen molar-refractivity contribution in [1.82, 2.24) is 10.2 Å². The maximum atomic E-state index is 12.2. The lowest BCUT2D eigenvalue weighted by atomic mass is 10.2. The summed E-state index contributed by atoms with van der Waals surface area (Å²) in [5.74, 6) is -0.359. The second kappa shape index (κ2) is 5.06. The van der Waals surface area contributed by atoms with Crippen LogP contribution >= 0.6 is 27.5 Å². The highest BCUT2D eigenvalue weighted by atomic mass is 79.9. The Morgan fingerprint density at radius 1 is 1.47 bits per heavy atom. The molecule has 0 unspecified atom stereocenters. The molecule has 17 heavy (non-hydrogen) atoms. The van der Waals surface area contributed by atoms with E-state index in [1.807, 2.05) is 0 Å². The van der Waals surface area contributed by atoms with Gasteiger partial charge in [-0.05, 0) is 28.1 Å². The molecule has 0 radical (unpaired) electrons. The summed E-state index contributed by atoms with van der Waals surface area (Å²) in [6.45, 7) is 1.07. The molecule has 1 N–H and O–H groups in total. The molecule has 1 aliphatic rings. The maximum absolute atomic E-state index is 12.2. The molecule has 0 atom stereocenters. The van der Waals surface area contributed by atoms with Crippen molar-refractivity contribution in [3.05, 3.63) is 33.3 Å². The molecule has 1 fully saturated rings. The van der Waals surface area contributed by atoms with Crippen molar-refractivity contribution in [2.24, 2.45) is 0 Å². The second-order valence-corrected chi connectivity index (χ2v) is 4.91. The van der Waals surface area contributed by atoms with Gasteiger partial charge >= 0.3 is 0 Å². The summed E-state index contributed by atoms with van der Waals surface area (Å²) in [5.41, 5.74) is 0.413. The number of hydrogen-bond acceptors (Lipinski definition) is 2. The summed E-state index contributed by atoms with van der Waals surface area (Å²) in [5, 5.41) is 3.05. The van der Waals surface area contributed by atoms with E-state index in [1.54, 1.807) is 18.2 Å². The zero-order valence-electron chi connectivity index (χ0n) is 8.87. The van der Waals surface area contributed by atoms with Crippen molar-refractivity contribution in [2.75, 3.05) is 19.6 Å². The minimum Gasteiger partial charge on any atom is -0.353 e. The van der Waals surface area contributed by atoms with Crippen molar-refractivity contribution < 1.29 is 9.59 Å². The molecule has 1 aromatic carbocycles. The van der Waals surface area contributed by atoms with Crippen LogP contribution in [0.25, 0.3) is 0 Å². The molecule has 1 saturated heterocycles. The summed E-state index contributed by atoms with van der Waals surface area (Å²) in [7, 11) is 0. The number of nitrogens with one attached hydrogen (secondary N) is 1. The molecule has 4 nitrogen and oxygen atoms in total. The Morgan fingerprint density at radius 3 is 2.94 bits per heavy atom. The normalized spacial score (nSPS) is 15.6. The Kier molecular flexibility index (Phi) is 3.69. The first kappa shape index (κ1) is 12.4. The van der Waals surface area contributed by atoms with Gasteiger partial charge < -0.3 is 10.2 Å². The van der Waals surface area contributed by atoms with E-state index in [-0.39, 0.29) is 18.4 Å². The smallest absolute Gasteiger partial charge is 0.255 e. The zero-order chi connectivity index (χ0) is 12.4. The minimum atomic E-state index is -0.217. The van der Waals surface area contributed by atoms with Gasteiger partial charge in [0.05, 0.1) is 17.1 Å². The molecule has 0 aliphatic carbocycles. The molecule has 1 heterocycles. The molecule has 0 bridgehead atoms. The predicted octanol–water partition coefficient (Wildman–Crippen LogP) is 1.67. The number of amides is 2. The van der Waals surface area contributed by atoms with E-state index < -0.39 is 0 Å². The van der Waals surface area contributed by atoms with Crippen LogP contribution < -0.4 is 5.32 Å². The maximum Gasteiger partial charge on any atom is 0.255 e. The Hall–Kier alpha value is -1.07. The summed E-state index contributed by atoms with van der Waals surface area (Å²) in [6, 6.07) is 5.16. The first-order valence-electron chi connectivity index (χ1n) is 5.09. The van der Waals surface area contributed by atoms with Gasteiger partial charge in [-0.1, -0.05) is 17.7 Å². The summed E-state index contributed by atoms with van der Waals surface area (Å²) in [6.07, 6.45) is 0. The SMILES string of the molecule is O=C1CN(C(=O)c2cccc(Br)c2Cl)CCN1. The van der Waals surface area contributed by atoms with Crippen LogP contribution in [0.15, 0.2) is 22.7 Å². The van der Waals surface area contributed by atoms with Gasteiger partial charge in [0, 0.05) is 17.6 Å². The average molecular weight is 318 g/mol. The minimum absolute atomic E-state index is 0.0850. The molecular weight excluding hydrogens is 307 g/mol. The van der Waals surface area contributed by atoms with Gasteiger partial charge in [-0.3, -0.25) is 9.59 Å². The first-order chi connectivity index (χ1) is 8.09. The molecule has 90 valence electrons. The topological polar surface area (TPSA) is 49.4 Å². The Bertz CT molecular complexity index is 479. The van der Waals surface area contributed by atoms with Gasteiger partial charge in [-0.2, -0.15) is 0 Å². The Balaban J connectivity index is 2.24. The van der Waals surface area contributed by atoms with Gasteiger partial charge in [-0.25, -0.2) is 0 Å². The second-order valence-electron chi connectivity index (χ2n) is 3.68. The number of halogens is 2. The third kappa shape index (κ3) is 2.61. The summed E-state index contributed by atoms with van der Waals surface area (Å²) < 4.78 is 0.673. The van der Waals surface area contributed by atoms with Crippen molar-refractivity contribution in [1.29, 1.82) is 0 Å². The van der Waals surface area contributed by atoms with E-state index in [2.05, 4.69) is 21.2 Å². The number of hydrogen-bond donors (Lipinski definition) is 1. The van der Waals surface area contributed by atoms with Crippen molar-refractivity contribution in [3.63, 3.8) is 0 Å². The fourth-order valence-electron chi connectivity index (χ4n) is 1.65. The highest BCUT2D eigenvalue weighted by Gasteiger charge is 2.24. The number of carbonyl (C=O) groups is 2. The number of nitrogens with zero attached hydrogens (tertiary/aromatic N) is 1. The van der Waals surface area contributed by atoms with E-state index in [1.165, 1.54) is 4.90 Å². The van der Waals surface area contributed by atoms with E-state index in [4.69, 9.17) is 11.6 Å². The lowest BCUT2D eigenvalue weighted by Gasteiger charge is -2.27. The third-order valence-corrected chi connectivity index (χ3v) is 3.80. The van der Waals surface area contributed by atoms with E-state index in [0.717, 1.165) is 0 Å². The Labute approximate surface area is 112 Å². The van der Waals surface area contributed by atoms with Crippen LogP contribution in [0.1, 0.15) is 10.4 Å². The van der Waals surface area contributed by atoms with Crippen LogP contribution in [0, 0.1) is 0 Å². The molecular formula is C11H10BrClN2O2. The van der Waals surface area contributed by atoms with Crippen LogP contribution in [0.4, 0.5) is 0 Å². The van der Waals surface area contributed by atoms with Gasteiger partial charge in [-0.15, -0.1) is 0 Å². The van der Waals surface area contributed by atoms with Gasteiger partial charge in [0.25, 0.3) is 5.91 Å². The van der Waals surface area contributed by atoms with E-state index in [9.17, 15) is 9.59 Å². The highest BCUT2D eigenvalue weighted by molar-refractivity contribution is 9.10. The predicted molar refractivity (Wildman–Crippen MR) is 68.1 cm³/mol. The van der Waals surface area contributed by atoms with Crippen LogP contribution in [-0.2, 0) is 4.79 Å². The molecule has 2 rings (SSSR count).